The highest BCUT2D eigenvalue weighted by atomic mass is 16.5. The van der Waals surface area contributed by atoms with Gasteiger partial charge in [-0.1, -0.05) is 12.1 Å². The number of aromatic hydroxyl groups is 1. The van der Waals surface area contributed by atoms with Gasteiger partial charge in [0.25, 0.3) is 0 Å². The number of benzene rings is 1. The third-order valence-corrected chi connectivity index (χ3v) is 4.68. The highest BCUT2D eigenvalue weighted by Gasteiger charge is 2.29. The maximum atomic E-state index is 9.42. The van der Waals surface area contributed by atoms with Crippen LogP contribution < -0.4 is 5.32 Å². The Balaban J connectivity index is 1.55. The molecule has 0 bridgehead atoms. The number of aromatic nitrogens is 4. The first-order valence-corrected chi connectivity index (χ1v) is 8.88. The number of phenolic OH excluding ortho intramolecular Hbond substituents is 1. The quantitative estimate of drug-likeness (QED) is 0.750. The topological polar surface area (TPSA) is 84.6 Å². The summed E-state index contributed by atoms with van der Waals surface area (Å²) in [5.74, 6) is 1.83. The molecular formula is C19H23N5O2. The van der Waals surface area contributed by atoms with E-state index in [2.05, 4.69) is 34.5 Å². The minimum Gasteiger partial charge on any atom is -0.508 e. The zero-order valence-corrected chi connectivity index (χ0v) is 15.0. The van der Waals surface area contributed by atoms with Crippen LogP contribution in [0.1, 0.15) is 38.1 Å². The van der Waals surface area contributed by atoms with Crippen LogP contribution in [0.5, 0.6) is 5.75 Å². The second-order valence-corrected chi connectivity index (χ2v) is 7.39. The predicted octanol–water partition coefficient (Wildman–Crippen LogP) is 2.79. The molecule has 1 fully saturated rings. The fourth-order valence-electron chi connectivity index (χ4n) is 3.38. The highest BCUT2D eigenvalue weighted by molar-refractivity contribution is 5.45. The van der Waals surface area contributed by atoms with Crippen LogP contribution in [0.25, 0.3) is 5.65 Å². The van der Waals surface area contributed by atoms with Crippen molar-refractivity contribution in [1.29, 1.82) is 0 Å². The van der Waals surface area contributed by atoms with Gasteiger partial charge >= 0.3 is 0 Å². The van der Waals surface area contributed by atoms with E-state index >= 15 is 0 Å². The first-order valence-electron chi connectivity index (χ1n) is 8.88. The Morgan fingerprint density at radius 1 is 1.19 bits per heavy atom. The lowest BCUT2D eigenvalue weighted by molar-refractivity contribution is -0.0553. The van der Waals surface area contributed by atoms with E-state index in [9.17, 15) is 5.11 Å². The van der Waals surface area contributed by atoms with Gasteiger partial charge in [0.15, 0.2) is 11.5 Å². The number of nitrogens with zero attached hydrogens (tertiary/aromatic N) is 4. The Labute approximate surface area is 152 Å². The summed E-state index contributed by atoms with van der Waals surface area (Å²) in [5.41, 5.74) is 1.65. The van der Waals surface area contributed by atoms with E-state index in [1.807, 2.05) is 24.3 Å². The molecule has 1 saturated heterocycles. The molecule has 7 heteroatoms. The van der Waals surface area contributed by atoms with E-state index < -0.39 is 0 Å². The number of rotatable bonds is 4. The minimum atomic E-state index is -0.111. The minimum absolute atomic E-state index is 0.111. The molecule has 1 aliphatic rings. The average Bonchev–Trinajstić information content (AvgIpc) is 2.98. The summed E-state index contributed by atoms with van der Waals surface area (Å²) in [6.45, 7) is 4.99. The lowest BCUT2D eigenvalue weighted by atomic mass is 9.94. The number of nitrogens with one attached hydrogen (secondary N) is 1. The van der Waals surface area contributed by atoms with Gasteiger partial charge in [-0.2, -0.15) is 4.52 Å². The van der Waals surface area contributed by atoms with Crippen molar-refractivity contribution >= 4 is 11.5 Å². The molecule has 136 valence electrons. The molecule has 0 radical (unpaired) electrons. The Kier molecular flexibility index (Phi) is 4.24. The summed E-state index contributed by atoms with van der Waals surface area (Å²) in [6.07, 6.45) is 2.50. The number of anilines is 1. The molecule has 3 aromatic rings. The number of hydrogen-bond donors (Lipinski definition) is 2. The third-order valence-electron chi connectivity index (χ3n) is 4.68. The molecule has 26 heavy (non-hydrogen) atoms. The fourth-order valence-corrected chi connectivity index (χ4v) is 3.38. The lowest BCUT2D eigenvalue weighted by Crippen LogP contribution is -2.40. The summed E-state index contributed by atoms with van der Waals surface area (Å²) in [4.78, 5) is 0. The van der Waals surface area contributed by atoms with Crippen molar-refractivity contribution in [2.45, 2.75) is 44.8 Å². The van der Waals surface area contributed by atoms with Crippen molar-refractivity contribution in [3.05, 3.63) is 47.8 Å². The molecular weight excluding hydrogens is 330 g/mol. The zero-order chi connectivity index (χ0) is 18.1. The number of fused-ring (bicyclic) bond motifs is 1. The molecule has 4 rings (SSSR count). The van der Waals surface area contributed by atoms with Gasteiger partial charge in [-0.05, 0) is 56.5 Å². The number of phenols is 1. The average molecular weight is 353 g/mol. The van der Waals surface area contributed by atoms with Gasteiger partial charge in [0.2, 0.25) is 0 Å². The van der Waals surface area contributed by atoms with Crippen LogP contribution in [0, 0.1) is 0 Å². The first kappa shape index (κ1) is 16.8. The number of ether oxygens (including phenoxy) is 1. The maximum Gasteiger partial charge on any atom is 0.178 e. The Hall–Kier alpha value is -2.67. The maximum absolute atomic E-state index is 9.42. The second-order valence-electron chi connectivity index (χ2n) is 7.39. The molecule has 2 N–H and O–H groups in total. The van der Waals surface area contributed by atoms with E-state index in [1.54, 1.807) is 16.6 Å². The van der Waals surface area contributed by atoms with Crippen LogP contribution in [-0.2, 0) is 11.2 Å². The summed E-state index contributed by atoms with van der Waals surface area (Å²) in [7, 11) is 0. The highest BCUT2D eigenvalue weighted by Crippen LogP contribution is 2.26. The molecule has 7 nitrogen and oxygen atoms in total. The molecule has 1 atom stereocenters. The standard InChI is InChI=1S/C19H23N5O2/c1-19(2)12-14(9-10-26-19)20-16-7-8-17-21-22-18(24(17)23-16)11-13-3-5-15(25)6-4-13/h3-8,14,25H,9-12H2,1-2H3,(H,20,23). The van der Waals surface area contributed by atoms with Gasteiger partial charge in [0.1, 0.15) is 11.6 Å². The third kappa shape index (κ3) is 3.62. The Morgan fingerprint density at radius 3 is 2.77 bits per heavy atom. The van der Waals surface area contributed by atoms with Crippen LogP contribution >= 0.6 is 0 Å². The second kappa shape index (κ2) is 6.57. The van der Waals surface area contributed by atoms with Gasteiger partial charge in [0.05, 0.1) is 5.60 Å². The molecule has 0 saturated carbocycles. The molecule has 1 aliphatic heterocycles. The fraction of sp³-hybridized carbons (Fsp3) is 0.421. The normalized spacial score (nSPS) is 19.5. The van der Waals surface area contributed by atoms with Crippen molar-refractivity contribution < 1.29 is 9.84 Å². The summed E-state index contributed by atoms with van der Waals surface area (Å²) in [5, 5.41) is 26.1. The van der Waals surface area contributed by atoms with Crippen molar-refractivity contribution in [3.8, 4) is 5.75 Å². The molecule has 0 spiro atoms. The molecule has 1 aromatic carbocycles. The summed E-state index contributed by atoms with van der Waals surface area (Å²) >= 11 is 0. The summed E-state index contributed by atoms with van der Waals surface area (Å²) in [6, 6.07) is 11.3. The van der Waals surface area contributed by atoms with Crippen LogP contribution in [0.2, 0.25) is 0 Å². The van der Waals surface area contributed by atoms with Crippen LogP contribution in [-0.4, -0.2) is 43.2 Å². The van der Waals surface area contributed by atoms with Gasteiger partial charge in [0, 0.05) is 19.1 Å². The van der Waals surface area contributed by atoms with Gasteiger partial charge in [-0.15, -0.1) is 15.3 Å². The van der Waals surface area contributed by atoms with Crippen LogP contribution in [0.4, 0.5) is 5.82 Å². The first-order chi connectivity index (χ1) is 12.5. The van der Waals surface area contributed by atoms with Crippen molar-refractivity contribution in [3.63, 3.8) is 0 Å². The van der Waals surface area contributed by atoms with E-state index in [1.165, 1.54) is 0 Å². The molecule has 0 aliphatic carbocycles. The SMILES string of the molecule is CC1(C)CC(Nc2ccc3nnc(Cc4ccc(O)cc4)n3n2)CCO1. The van der Waals surface area contributed by atoms with E-state index in [4.69, 9.17) is 4.74 Å². The monoisotopic (exact) mass is 353 g/mol. The lowest BCUT2D eigenvalue weighted by Gasteiger charge is -2.36. The Morgan fingerprint density at radius 2 is 2.00 bits per heavy atom. The largest absolute Gasteiger partial charge is 0.508 e. The van der Waals surface area contributed by atoms with Crippen molar-refractivity contribution in [2.75, 3.05) is 11.9 Å². The zero-order valence-electron chi connectivity index (χ0n) is 15.0. The van der Waals surface area contributed by atoms with Gasteiger partial charge in [-0.25, -0.2) is 0 Å². The Bertz CT molecular complexity index is 904. The van der Waals surface area contributed by atoms with Crippen LogP contribution in [0.15, 0.2) is 36.4 Å². The molecule has 0 amide bonds. The van der Waals surface area contributed by atoms with Crippen molar-refractivity contribution in [2.24, 2.45) is 0 Å². The predicted molar refractivity (Wildman–Crippen MR) is 98.4 cm³/mol. The van der Waals surface area contributed by atoms with E-state index in [0.29, 0.717) is 12.5 Å². The molecule has 2 aromatic heterocycles. The van der Waals surface area contributed by atoms with Gasteiger partial charge in [-0.3, -0.25) is 0 Å². The van der Waals surface area contributed by atoms with Crippen molar-refractivity contribution in [1.82, 2.24) is 19.8 Å². The van der Waals surface area contributed by atoms with Crippen LogP contribution in [0.3, 0.4) is 0 Å². The molecule has 3 heterocycles. The van der Waals surface area contributed by atoms with E-state index in [-0.39, 0.29) is 11.4 Å². The molecule has 1 unspecified atom stereocenters. The number of hydrogen-bond acceptors (Lipinski definition) is 6. The van der Waals surface area contributed by atoms with E-state index in [0.717, 1.165) is 42.3 Å². The summed E-state index contributed by atoms with van der Waals surface area (Å²) < 4.78 is 7.56. The smallest absolute Gasteiger partial charge is 0.178 e. The van der Waals surface area contributed by atoms with Gasteiger partial charge < -0.3 is 15.2 Å².